The van der Waals surface area contributed by atoms with Crippen LogP contribution < -0.4 is 0 Å². The van der Waals surface area contributed by atoms with Crippen molar-refractivity contribution in [2.75, 3.05) is 28.4 Å². The number of unbranched alkanes of at least 4 members (excludes halogenated alkanes) is 10. The van der Waals surface area contributed by atoms with E-state index < -0.39 is 154 Å². The quantitative estimate of drug-likeness (QED) is 0.0177. The van der Waals surface area contributed by atoms with Crippen molar-refractivity contribution in [1.29, 1.82) is 0 Å². The summed E-state index contributed by atoms with van der Waals surface area (Å²) < 4.78 is 245. The van der Waals surface area contributed by atoms with Gasteiger partial charge in [0.15, 0.2) is 0 Å². The molecule has 7 rings (SSSR count). The molecule has 0 bridgehead atoms. The molecule has 16 nitrogen and oxygen atoms in total. The summed E-state index contributed by atoms with van der Waals surface area (Å²) in [5.74, 6) is -8.07. The zero-order valence-electron chi connectivity index (χ0n) is 59.7. The van der Waals surface area contributed by atoms with Gasteiger partial charge in [0.1, 0.15) is 30.5 Å². The van der Waals surface area contributed by atoms with Crippen LogP contribution in [0.3, 0.4) is 0 Å². The van der Waals surface area contributed by atoms with Gasteiger partial charge in [-0.1, -0.05) is 180 Å². The maximum Gasteiger partial charge on any atom is 0.432 e. The molecule has 0 radical (unpaired) electrons. The Morgan fingerprint density at radius 3 is 1.01 bits per heavy atom. The van der Waals surface area contributed by atoms with E-state index in [1.165, 1.54) is 85.8 Å². The maximum absolute atomic E-state index is 15.5. The number of esters is 5. The van der Waals surface area contributed by atoms with Gasteiger partial charge in [-0.3, -0.25) is 0 Å². The van der Waals surface area contributed by atoms with Crippen molar-refractivity contribution < 1.29 is 129 Å². The number of methoxy groups -OCH3 is 4. The molecule has 4 aromatic rings. The van der Waals surface area contributed by atoms with E-state index in [1.54, 1.807) is 0 Å². The predicted molar refractivity (Wildman–Crippen MR) is 357 cm³/mol. The summed E-state index contributed by atoms with van der Waals surface area (Å²) in [6.45, 7) is 3.63. The lowest BCUT2D eigenvalue weighted by atomic mass is 9.92. The second kappa shape index (κ2) is 38.1. The number of halogens is 12. The first-order valence-corrected chi connectivity index (χ1v) is 35.6. The fourth-order valence-corrected chi connectivity index (χ4v) is 14.2. The molecule has 28 heteroatoms. The lowest BCUT2D eigenvalue weighted by Crippen LogP contribution is -2.53. The lowest BCUT2D eigenvalue weighted by Gasteiger charge is -2.35. The summed E-state index contributed by atoms with van der Waals surface area (Å²) in [6.07, 6.45) is -23.6. The second-order valence-corrected chi connectivity index (χ2v) is 26.7. The van der Waals surface area contributed by atoms with Crippen molar-refractivity contribution in [3.05, 3.63) is 155 Å². The number of ether oxygens (including phenoxy) is 11. The van der Waals surface area contributed by atoms with Crippen molar-refractivity contribution in [3.63, 3.8) is 0 Å². The summed E-state index contributed by atoms with van der Waals surface area (Å²) in [6, 6.07) is 24.2. The fourth-order valence-electron chi connectivity index (χ4n) is 14.2. The predicted octanol–water partition coefficient (Wildman–Crippen LogP) is 17.4. The largest absolute Gasteiger partial charge is 0.460 e. The number of carbonyl (C=O) groups is 5. The molecule has 13 atom stereocenters. The highest BCUT2D eigenvalue weighted by Crippen LogP contribution is 2.49. The molecule has 105 heavy (non-hydrogen) atoms. The molecule has 0 aliphatic carbocycles. The Bertz CT molecular complexity index is 3400. The van der Waals surface area contributed by atoms with Crippen LogP contribution in [0, 0.1) is 0 Å². The van der Waals surface area contributed by atoms with Crippen LogP contribution in [0.5, 0.6) is 0 Å². The van der Waals surface area contributed by atoms with Gasteiger partial charge in [0, 0.05) is 62.7 Å². The summed E-state index contributed by atoms with van der Waals surface area (Å²) in [5.41, 5.74) is -16.8. The van der Waals surface area contributed by atoms with Crippen LogP contribution in [-0.4, -0.2) is 138 Å². The minimum Gasteiger partial charge on any atom is -0.460 e. The Balaban J connectivity index is 1.12. The Morgan fingerprint density at radius 1 is 0.400 bits per heavy atom. The molecule has 0 N–H and O–H groups in total. The minimum atomic E-state index is -5.43. The molecule has 4 aromatic carbocycles. The van der Waals surface area contributed by atoms with Crippen molar-refractivity contribution in [2.24, 2.45) is 0 Å². The Kier molecular flexibility index (Phi) is 30.9. The summed E-state index contributed by atoms with van der Waals surface area (Å²) in [4.78, 5) is 69.6. The number of hydrogen-bond donors (Lipinski definition) is 0. The smallest absolute Gasteiger partial charge is 0.432 e. The molecule has 0 spiro atoms. The number of carbonyl (C=O) groups excluding carboxylic acids is 5. The average molecular weight is 1500 g/mol. The average Bonchev–Trinajstić information content (AvgIpc) is 1.72. The number of benzene rings is 4. The highest BCUT2D eigenvalue weighted by Gasteiger charge is 2.68. The molecule has 2 fully saturated rings. The maximum atomic E-state index is 15.5. The molecule has 2 saturated heterocycles. The second-order valence-electron chi connectivity index (χ2n) is 26.7. The van der Waals surface area contributed by atoms with E-state index in [-0.39, 0.29) is 102 Å². The van der Waals surface area contributed by atoms with Gasteiger partial charge in [-0.2, -0.15) is 52.7 Å². The number of rotatable bonds is 41. The molecule has 0 unspecified atom stereocenters. The van der Waals surface area contributed by atoms with E-state index in [0.29, 0.717) is 34.2 Å². The third-order valence-electron chi connectivity index (χ3n) is 19.8. The standard InChI is InChI=1S/C77H94F12O16/c1-7-8-9-10-11-12-13-29-43-59(104-68(93)72(97-5,76(84,85)86)55-36-23-16-24-37-55)61-45-47-63(102-61)64-48-46-62(103-64)60(105-69(94)73(98-6,77(87,88)89)56-38-25-17-26-39-56)44-31-30-41-57(100-66(91)70(95-3,74(78,79)80)53-32-19-14-20-33-53)40-27-18-28-42-58(50-52-49-51(2)99-65(52)90)101-67(92)71(96-4,75(81,82)83)54-34-21-15-22-35-54/h14-17,19-26,32-39,49,51,57-64H,7-13,18,27-31,40-48,50H2,1-6H3/t51-,57+,58+,59+,60+,61+,62+,63-,64+,70-,71-,72-,73-/m0/s1. The van der Waals surface area contributed by atoms with Gasteiger partial charge in [0.05, 0.1) is 24.4 Å². The molecule has 0 saturated carbocycles. The molecular weight excluding hydrogens is 1410 g/mol. The molecule has 3 heterocycles. The summed E-state index contributed by atoms with van der Waals surface area (Å²) >= 11 is 0. The first-order valence-electron chi connectivity index (χ1n) is 35.6. The van der Waals surface area contributed by atoms with Gasteiger partial charge in [-0.25, -0.2) is 24.0 Å². The Hall–Kier alpha value is -7.11. The van der Waals surface area contributed by atoms with Crippen LogP contribution in [0.1, 0.15) is 184 Å². The number of cyclic esters (lactones) is 1. The summed E-state index contributed by atoms with van der Waals surface area (Å²) in [7, 11) is 2.79. The van der Waals surface area contributed by atoms with E-state index >= 15 is 52.7 Å². The van der Waals surface area contributed by atoms with E-state index in [2.05, 4.69) is 6.92 Å². The van der Waals surface area contributed by atoms with Crippen LogP contribution in [0.2, 0.25) is 0 Å². The van der Waals surface area contributed by atoms with Gasteiger partial charge >= 0.3 is 54.6 Å². The van der Waals surface area contributed by atoms with Crippen molar-refractivity contribution in [2.45, 2.75) is 264 Å². The number of alkyl halides is 12. The highest BCUT2D eigenvalue weighted by molar-refractivity contribution is 5.91. The normalized spacial score (nSPS) is 21.5. The van der Waals surface area contributed by atoms with Crippen LogP contribution in [0.15, 0.2) is 133 Å². The molecule has 582 valence electrons. The van der Waals surface area contributed by atoms with Gasteiger partial charge < -0.3 is 52.1 Å². The van der Waals surface area contributed by atoms with Crippen LogP contribution in [0.4, 0.5) is 52.7 Å². The highest BCUT2D eigenvalue weighted by atomic mass is 19.4. The first kappa shape index (κ1) is 85.1. The third kappa shape index (κ3) is 20.2. The Labute approximate surface area is 603 Å². The van der Waals surface area contributed by atoms with Gasteiger partial charge in [-0.15, -0.1) is 0 Å². The first-order chi connectivity index (χ1) is 49.8. The lowest BCUT2D eigenvalue weighted by molar-refractivity contribution is -0.281. The third-order valence-corrected chi connectivity index (χ3v) is 19.8. The van der Waals surface area contributed by atoms with E-state index in [9.17, 15) is 24.0 Å². The topological polar surface area (TPSA) is 187 Å². The van der Waals surface area contributed by atoms with Crippen LogP contribution >= 0.6 is 0 Å². The monoisotopic (exact) mass is 1500 g/mol. The summed E-state index contributed by atoms with van der Waals surface area (Å²) in [5, 5.41) is 0. The van der Waals surface area contributed by atoms with Crippen LogP contribution in [-0.2, 0) is 98.5 Å². The SMILES string of the molecule is CCCCCCCCCC[C@@H](OC(=O)[C@@](OC)(c1ccccc1)C(F)(F)F)[C@H]1CC[C@@H]([C@H]2CC[C@H]([C@@H](CCCC[C@@H](CCCCC[C@H](CC3=C[C@H](C)OC3=O)OC(=O)[C@@](OC)(c3ccccc3)C(F)(F)F)OC(=O)[C@@](OC)(c3ccccc3)C(F)(F)F)OC(=O)[C@@](OC)(c3ccccc3)C(F)(F)F)O2)O1. The molecule has 0 amide bonds. The molecule has 3 aliphatic heterocycles. The van der Waals surface area contributed by atoms with Gasteiger partial charge in [-0.05, 0) is 103 Å². The minimum absolute atomic E-state index is 0.0136. The van der Waals surface area contributed by atoms with E-state index in [0.717, 1.165) is 94.2 Å². The molecule has 3 aliphatic rings. The Morgan fingerprint density at radius 2 is 0.686 bits per heavy atom. The van der Waals surface area contributed by atoms with E-state index in [1.807, 2.05) is 0 Å². The zero-order chi connectivity index (χ0) is 76.9. The van der Waals surface area contributed by atoms with Crippen molar-refractivity contribution >= 4 is 29.8 Å². The van der Waals surface area contributed by atoms with Gasteiger partial charge in [0.25, 0.3) is 22.4 Å². The van der Waals surface area contributed by atoms with Gasteiger partial charge in [0.2, 0.25) is 0 Å². The zero-order valence-corrected chi connectivity index (χ0v) is 59.7. The molecule has 0 aromatic heterocycles. The molecular formula is C77H94F12O16. The van der Waals surface area contributed by atoms with Crippen LogP contribution in [0.25, 0.3) is 0 Å². The van der Waals surface area contributed by atoms with Crippen molar-refractivity contribution in [1.82, 2.24) is 0 Å². The van der Waals surface area contributed by atoms with Crippen molar-refractivity contribution in [3.8, 4) is 0 Å². The van der Waals surface area contributed by atoms with E-state index in [4.69, 9.17) is 52.1 Å². The fraction of sp³-hybridized carbons (Fsp3) is 0.597. The number of hydrogen-bond acceptors (Lipinski definition) is 16.